The molecule has 4 unspecified atom stereocenters. The molecule has 1 aromatic carbocycles. The lowest BCUT2D eigenvalue weighted by Gasteiger charge is -2.25. The van der Waals surface area contributed by atoms with Gasteiger partial charge in [0.1, 0.15) is 23.9 Å². The van der Waals surface area contributed by atoms with Crippen molar-refractivity contribution in [3.8, 4) is 5.75 Å². The summed E-state index contributed by atoms with van der Waals surface area (Å²) in [4.78, 5) is 65.9. The van der Waals surface area contributed by atoms with Crippen molar-refractivity contribution in [2.45, 2.75) is 69.1 Å². The van der Waals surface area contributed by atoms with Crippen molar-refractivity contribution in [1.82, 2.24) is 21.3 Å². The second kappa shape index (κ2) is 15.9. The Bertz CT molecular complexity index is 1070. The number of carbonyl (C=O) groups excluding carboxylic acids is 3. The summed E-state index contributed by atoms with van der Waals surface area (Å²) in [6.45, 7) is 0.784. The molecule has 0 bridgehead atoms. The van der Waals surface area contributed by atoms with Gasteiger partial charge in [0.05, 0.1) is 6.04 Å². The van der Waals surface area contributed by atoms with E-state index in [9.17, 15) is 34.2 Å². The topological polar surface area (TPSA) is 259 Å². The Morgan fingerprint density at radius 2 is 1.60 bits per heavy atom. The van der Waals surface area contributed by atoms with E-state index >= 15 is 0 Å². The normalized spacial score (nSPS) is 16.6. The number of carboxylic acid groups (broad SMARTS) is 2. The Balaban J connectivity index is 2.20. The average molecular weight is 564 g/mol. The molecule has 3 amide bonds. The highest BCUT2D eigenvalue weighted by Crippen LogP contribution is 2.13. The third-order valence-corrected chi connectivity index (χ3v) is 6.23. The number of nitrogens with zero attached hydrogens (tertiary/aromatic N) is 1. The van der Waals surface area contributed by atoms with Crippen LogP contribution in [0.4, 0.5) is 0 Å². The summed E-state index contributed by atoms with van der Waals surface area (Å²) in [6, 6.07) is 1.47. The van der Waals surface area contributed by atoms with Crippen LogP contribution in [0, 0.1) is 0 Å². The molecule has 0 aliphatic carbocycles. The molecule has 0 radical (unpaired) electrons. The molecule has 1 aliphatic heterocycles. The van der Waals surface area contributed by atoms with Crippen molar-refractivity contribution < 1.29 is 39.3 Å². The lowest BCUT2D eigenvalue weighted by Crippen LogP contribution is -2.57. The first kappa shape index (κ1) is 31.8. The van der Waals surface area contributed by atoms with E-state index < -0.39 is 60.2 Å². The monoisotopic (exact) mass is 563 g/mol. The van der Waals surface area contributed by atoms with Crippen LogP contribution in [0.25, 0.3) is 0 Å². The zero-order valence-corrected chi connectivity index (χ0v) is 22.0. The molecule has 1 aromatic rings. The van der Waals surface area contributed by atoms with Gasteiger partial charge >= 0.3 is 11.9 Å². The highest BCUT2D eigenvalue weighted by atomic mass is 16.4. The van der Waals surface area contributed by atoms with Gasteiger partial charge < -0.3 is 48.1 Å². The SMILES string of the molecule is NC(N)=NCCCC(NC(=O)C(Cc1ccc(O)cc1)NC(=O)C(CCC(=O)O)NC(=O)C1CCCN1)C(=O)O. The number of nitrogens with one attached hydrogen (secondary N) is 4. The molecule has 15 heteroatoms. The zero-order valence-electron chi connectivity index (χ0n) is 22.0. The van der Waals surface area contributed by atoms with Crippen LogP contribution in [0.1, 0.15) is 44.1 Å². The Labute approximate surface area is 230 Å². The van der Waals surface area contributed by atoms with Crippen molar-refractivity contribution >= 4 is 35.6 Å². The number of phenolic OH excluding ortho intramolecular Hbond substituents is 1. The van der Waals surface area contributed by atoms with Crippen LogP contribution in [-0.4, -0.2) is 88.2 Å². The average Bonchev–Trinajstić information content (AvgIpc) is 3.43. The van der Waals surface area contributed by atoms with Gasteiger partial charge in [0.15, 0.2) is 5.96 Å². The maximum Gasteiger partial charge on any atom is 0.326 e. The second-order valence-corrected chi connectivity index (χ2v) is 9.42. The molecule has 15 nitrogen and oxygen atoms in total. The number of hydrogen-bond donors (Lipinski definition) is 9. The van der Waals surface area contributed by atoms with Gasteiger partial charge in [-0.25, -0.2) is 4.79 Å². The van der Waals surface area contributed by atoms with E-state index in [-0.39, 0.29) is 43.9 Å². The number of carboxylic acids is 2. The van der Waals surface area contributed by atoms with Crippen molar-refractivity contribution in [3.63, 3.8) is 0 Å². The first-order chi connectivity index (χ1) is 19.0. The quantitative estimate of drug-likeness (QED) is 0.0612. The summed E-state index contributed by atoms with van der Waals surface area (Å²) in [7, 11) is 0. The van der Waals surface area contributed by atoms with Crippen molar-refractivity contribution in [2.24, 2.45) is 16.5 Å². The third-order valence-electron chi connectivity index (χ3n) is 6.23. The maximum atomic E-state index is 13.2. The van der Waals surface area contributed by atoms with Crippen LogP contribution in [0.15, 0.2) is 29.3 Å². The van der Waals surface area contributed by atoms with Gasteiger partial charge in [0.25, 0.3) is 0 Å². The molecule has 0 spiro atoms. The second-order valence-electron chi connectivity index (χ2n) is 9.42. The van der Waals surface area contributed by atoms with Crippen LogP contribution in [0.5, 0.6) is 5.75 Å². The largest absolute Gasteiger partial charge is 0.508 e. The Hall–Kier alpha value is -4.40. The van der Waals surface area contributed by atoms with E-state index in [1.165, 1.54) is 24.3 Å². The number of aliphatic carboxylic acids is 2. The van der Waals surface area contributed by atoms with Crippen LogP contribution in [0.2, 0.25) is 0 Å². The molecule has 2 rings (SSSR count). The minimum Gasteiger partial charge on any atom is -0.508 e. The summed E-state index contributed by atoms with van der Waals surface area (Å²) in [6.07, 6.45) is 0.867. The van der Waals surface area contributed by atoms with Gasteiger partial charge in [-0.05, 0) is 56.3 Å². The molecule has 4 atom stereocenters. The number of carbonyl (C=O) groups is 5. The first-order valence-corrected chi connectivity index (χ1v) is 12.9. The lowest BCUT2D eigenvalue weighted by molar-refractivity contribution is -0.142. The molecule has 1 saturated heterocycles. The number of nitrogens with two attached hydrogens (primary N) is 2. The van der Waals surface area contributed by atoms with Crippen LogP contribution in [0.3, 0.4) is 0 Å². The smallest absolute Gasteiger partial charge is 0.326 e. The fourth-order valence-electron chi connectivity index (χ4n) is 4.10. The van der Waals surface area contributed by atoms with Gasteiger partial charge in [0, 0.05) is 19.4 Å². The molecule has 1 aliphatic rings. The minimum absolute atomic E-state index is 0.00338. The molecule has 11 N–H and O–H groups in total. The molecular weight excluding hydrogens is 526 g/mol. The molecule has 40 heavy (non-hydrogen) atoms. The number of hydrogen-bond acceptors (Lipinski definition) is 8. The summed E-state index contributed by atoms with van der Waals surface area (Å²) >= 11 is 0. The molecule has 0 saturated carbocycles. The number of aromatic hydroxyl groups is 1. The number of guanidine groups is 1. The van der Waals surface area contributed by atoms with Crippen molar-refractivity contribution in [2.75, 3.05) is 13.1 Å². The van der Waals surface area contributed by atoms with Gasteiger partial charge in [-0.3, -0.25) is 24.2 Å². The van der Waals surface area contributed by atoms with E-state index in [0.29, 0.717) is 18.5 Å². The van der Waals surface area contributed by atoms with Crippen LogP contribution in [-0.2, 0) is 30.4 Å². The van der Waals surface area contributed by atoms with Crippen molar-refractivity contribution in [3.05, 3.63) is 29.8 Å². The highest BCUT2D eigenvalue weighted by Gasteiger charge is 2.32. The third kappa shape index (κ3) is 11.1. The van der Waals surface area contributed by atoms with Crippen LogP contribution < -0.4 is 32.7 Å². The van der Waals surface area contributed by atoms with E-state index in [1.54, 1.807) is 0 Å². The van der Waals surface area contributed by atoms with Crippen molar-refractivity contribution in [1.29, 1.82) is 0 Å². The van der Waals surface area contributed by atoms with E-state index in [2.05, 4.69) is 26.3 Å². The molecule has 220 valence electrons. The number of rotatable bonds is 16. The predicted octanol–water partition coefficient (Wildman–Crippen LogP) is -1.86. The van der Waals surface area contributed by atoms with E-state index in [4.69, 9.17) is 16.6 Å². The summed E-state index contributed by atoms with van der Waals surface area (Å²) < 4.78 is 0. The summed E-state index contributed by atoms with van der Waals surface area (Å²) in [5.74, 6) is -4.71. The Morgan fingerprint density at radius 1 is 0.950 bits per heavy atom. The first-order valence-electron chi connectivity index (χ1n) is 12.9. The zero-order chi connectivity index (χ0) is 29.7. The fourth-order valence-corrected chi connectivity index (χ4v) is 4.10. The lowest BCUT2D eigenvalue weighted by atomic mass is 10.0. The highest BCUT2D eigenvalue weighted by molar-refractivity contribution is 5.94. The molecule has 1 heterocycles. The van der Waals surface area contributed by atoms with E-state index in [1.807, 2.05) is 0 Å². The molecule has 0 aromatic heterocycles. The number of aliphatic imine (C=N–C) groups is 1. The van der Waals surface area contributed by atoms with Crippen LogP contribution >= 0.6 is 0 Å². The van der Waals surface area contributed by atoms with Gasteiger partial charge in [-0.1, -0.05) is 12.1 Å². The number of phenols is 1. The number of benzene rings is 1. The van der Waals surface area contributed by atoms with Gasteiger partial charge in [-0.2, -0.15) is 0 Å². The van der Waals surface area contributed by atoms with E-state index in [0.717, 1.165) is 6.42 Å². The molecule has 1 fully saturated rings. The van der Waals surface area contributed by atoms with Gasteiger partial charge in [0.2, 0.25) is 17.7 Å². The summed E-state index contributed by atoms with van der Waals surface area (Å²) in [5, 5.41) is 38.8. The Morgan fingerprint density at radius 3 is 2.17 bits per heavy atom. The predicted molar refractivity (Wildman–Crippen MR) is 143 cm³/mol. The van der Waals surface area contributed by atoms with Gasteiger partial charge in [-0.15, -0.1) is 0 Å². The Kier molecular flexibility index (Phi) is 12.6. The molecular formula is C25H37N7O8. The standard InChI is InChI=1S/C25H37N7O8/c26-25(27)29-12-2-4-18(24(39)40)31-23(38)19(13-14-5-7-15(33)8-6-14)32-22(37)17(9-10-20(34)35)30-21(36)16-3-1-11-28-16/h5-8,16-19,28,33H,1-4,9-13H2,(H,30,36)(H,31,38)(H,32,37)(H,34,35)(H,39,40)(H4,26,27,29). The fraction of sp³-hybridized carbons (Fsp3) is 0.520. The minimum atomic E-state index is -1.31. The summed E-state index contributed by atoms with van der Waals surface area (Å²) in [5.41, 5.74) is 11.1. The number of amides is 3. The maximum absolute atomic E-state index is 13.2.